The van der Waals surface area contributed by atoms with Crippen LogP contribution in [0.5, 0.6) is 5.88 Å². The molecule has 0 radical (unpaired) electrons. The van der Waals surface area contributed by atoms with E-state index in [2.05, 4.69) is 6.92 Å². The second-order valence-electron chi connectivity index (χ2n) is 3.70. The summed E-state index contributed by atoms with van der Waals surface area (Å²) in [7, 11) is 1.83. The number of aryl methyl sites for hydroxylation is 2. The average Bonchev–Trinajstić information content (AvgIpc) is 2.53. The number of nitrogens with zero attached hydrogens (tertiary/aromatic N) is 2. The van der Waals surface area contributed by atoms with Gasteiger partial charge in [-0.1, -0.05) is 25.1 Å². The maximum absolute atomic E-state index is 9.86. The minimum Gasteiger partial charge on any atom is -0.493 e. The molecule has 16 heavy (non-hydrogen) atoms. The minimum absolute atomic E-state index is 0.174. The predicted molar refractivity (Wildman–Crippen MR) is 66.6 cm³/mol. The number of rotatable bonds is 2. The third-order valence-corrected chi connectivity index (χ3v) is 3.12. The van der Waals surface area contributed by atoms with E-state index in [1.54, 1.807) is 15.3 Å². The van der Waals surface area contributed by atoms with Gasteiger partial charge in [0.1, 0.15) is 0 Å². The molecule has 0 bridgehead atoms. The highest BCUT2D eigenvalue weighted by atomic mass is 32.1. The van der Waals surface area contributed by atoms with E-state index in [0.717, 1.165) is 12.1 Å². The molecule has 1 heterocycles. The summed E-state index contributed by atoms with van der Waals surface area (Å²) in [4.78, 5) is 0. The molecule has 2 aromatic rings. The molecule has 0 atom stereocenters. The van der Waals surface area contributed by atoms with Gasteiger partial charge in [-0.15, -0.1) is 0 Å². The highest BCUT2D eigenvalue weighted by molar-refractivity contribution is 7.71. The van der Waals surface area contributed by atoms with Crippen LogP contribution >= 0.6 is 12.2 Å². The smallest absolute Gasteiger partial charge is 0.214 e. The summed E-state index contributed by atoms with van der Waals surface area (Å²) in [6.45, 7) is 2.09. The lowest BCUT2D eigenvalue weighted by Crippen LogP contribution is -1.99. The van der Waals surface area contributed by atoms with Crippen molar-refractivity contribution in [2.24, 2.45) is 7.05 Å². The van der Waals surface area contributed by atoms with Crippen molar-refractivity contribution in [2.45, 2.75) is 13.3 Å². The van der Waals surface area contributed by atoms with Gasteiger partial charge in [0.15, 0.2) is 4.77 Å². The maximum Gasteiger partial charge on any atom is 0.214 e. The molecule has 1 aromatic carbocycles. The predicted octanol–water partition coefficient (Wildman–Crippen LogP) is 2.81. The lowest BCUT2D eigenvalue weighted by Gasteiger charge is -2.09. The second kappa shape index (κ2) is 4.14. The molecule has 84 valence electrons. The first kappa shape index (κ1) is 11.0. The first-order valence-corrected chi connectivity index (χ1v) is 5.61. The van der Waals surface area contributed by atoms with Crippen molar-refractivity contribution in [3.63, 3.8) is 0 Å². The molecule has 0 spiro atoms. The van der Waals surface area contributed by atoms with Crippen LogP contribution in [0.15, 0.2) is 30.5 Å². The molecular weight excluding hydrogens is 220 g/mol. The van der Waals surface area contributed by atoms with Gasteiger partial charge in [-0.05, 0) is 30.3 Å². The van der Waals surface area contributed by atoms with Crippen molar-refractivity contribution in [2.75, 3.05) is 0 Å². The Morgan fingerprint density at radius 2 is 2.00 bits per heavy atom. The van der Waals surface area contributed by atoms with E-state index < -0.39 is 0 Å². The standard InChI is InChI=1S/C12H14N2OS/c1-3-9-6-4-5-7-10(9)14-11(15)8-13(2)12(14)16/h4-8,15H,3H2,1-2H3. The van der Waals surface area contributed by atoms with Crippen LogP contribution in [0.25, 0.3) is 5.69 Å². The first-order chi connectivity index (χ1) is 7.65. The summed E-state index contributed by atoms with van der Waals surface area (Å²) in [5.41, 5.74) is 2.12. The van der Waals surface area contributed by atoms with Gasteiger partial charge in [-0.25, -0.2) is 0 Å². The Kier molecular flexibility index (Phi) is 2.83. The minimum atomic E-state index is 0.174. The normalized spacial score (nSPS) is 10.6. The third kappa shape index (κ3) is 1.65. The van der Waals surface area contributed by atoms with Gasteiger partial charge >= 0.3 is 0 Å². The van der Waals surface area contributed by atoms with Crippen molar-refractivity contribution >= 4 is 12.2 Å². The third-order valence-electron chi connectivity index (χ3n) is 2.64. The summed E-state index contributed by atoms with van der Waals surface area (Å²) in [5.74, 6) is 0.174. The van der Waals surface area contributed by atoms with Gasteiger partial charge < -0.3 is 9.67 Å². The van der Waals surface area contributed by atoms with E-state index in [1.807, 2.05) is 31.3 Å². The number of para-hydroxylation sites is 1. The zero-order valence-corrected chi connectivity index (χ0v) is 10.2. The van der Waals surface area contributed by atoms with Gasteiger partial charge in [0.25, 0.3) is 0 Å². The Hall–Kier alpha value is -1.55. The number of benzene rings is 1. The number of imidazole rings is 1. The molecule has 0 fully saturated rings. The van der Waals surface area contributed by atoms with Gasteiger partial charge in [-0.3, -0.25) is 4.57 Å². The fraction of sp³-hybridized carbons (Fsp3) is 0.250. The van der Waals surface area contributed by atoms with E-state index >= 15 is 0 Å². The molecule has 0 saturated heterocycles. The van der Waals surface area contributed by atoms with Crippen molar-refractivity contribution in [3.05, 3.63) is 40.8 Å². The molecule has 0 unspecified atom stereocenters. The number of aromatic nitrogens is 2. The van der Waals surface area contributed by atoms with Crippen molar-refractivity contribution in [1.82, 2.24) is 9.13 Å². The zero-order chi connectivity index (χ0) is 11.7. The zero-order valence-electron chi connectivity index (χ0n) is 9.34. The number of aromatic hydroxyl groups is 1. The first-order valence-electron chi connectivity index (χ1n) is 5.20. The van der Waals surface area contributed by atoms with E-state index in [1.165, 1.54) is 5.56 Å². The molecule has 1 aromatic heterocycles. The van der Waals surface area contributed by atoms with Gasteiger partial charge in [0.2, 0.25) is 5.88 Å². The van der Waals surface area contributed by atoms with E-state index in [0.29, 0.717) is 4.77 Å². The lowest BCUT2D eigenvalue weighted by molar-refractivity contribution is 0.441. The molecule has 3 nitrogen and oxygen atoms in total. The monoisotopic (exact) mass is 234 g/mol. The van der Waals surface area contributed by atoms with E-state index in [-0.39, 0.29) is 5.88 Å². The van der Waals surface area contributed by atoms with Gasteiger partial charge in [-0.2, -0.15) is 0 Å². The van der Waals surface area contributed by atoms with Crippen molar-refractivity contribution in [3.8, 4) is 11.6 Å². The second-order valence-corrected chi connectivity index (χ2v) is 4.06. The van der Waals surface area contributed by atoms with Crippen LogP contribution in [0.3, 0.4) is 0 Å². The molecule has 0 saturated carbocycles. The molecule has 0 aliphatic carbocycles. The quantitative estimate of drug-likeness (QED) is 0.810. The maximum atomic E-state index is 9.86. The van der Waals surface area contributed by atoms with Crippen LogP contribution in [0, 0.1) is 4.77 Å². The van der Waals surface area contributed by atoms with Gasteiger partial charge in [0.05, 0.1) is 11.9 Å². The summed E-state index contributed by atoms with van der Waals surface area (Å²) in [6.07, 6.45) is 2.53. The molecule has 0 amide bonds. The Labute approximate surface area is 99.6 Å². The molecule has 0 aliphatic rings. The van der Waals surface area contributed by atoms with Crippen molar-refractivity contribution in [1.29, 1.82) is 0 Å². The van der Waals surface area contributed by atoms with Crippen LogP contribution in [0.1, 0.15) is 12.5 Å². The summed E-state index contributed by atoms with van der Waals surface area (Å²) >= 11 is 5.27. The van der Waals surface area contributed by atoms with Crippen molar-refractivity contribution < 1.29 is 5.11 Å². The Balaban J connectivity index is 2.72. The largest absolute Gasteiger partial charge is 0.493 e. The number of hydrogen-bond donors (Lipinski definition) is 1. The van der Waals surface area contributed by atoms with E-state index in [9.17, 15) is 5.11 Å². The van der Waals surface area contributed by atoms with Crippen LogP contribution in [-0.2, 0) is 13.5 Å². The summed E-state index contributed by atoms with van der Waals surface area (Å²) in [6, 6.07) is 7.95. The highest BCUT2D eigenvalue weighted by Gasteiger charge is 2.09. The fourth-order valence-electron chi connectivity index (χ4n) is 1.80. The Morgan fingerprint density at radius 1 is 1.31 bits per heavy atom. The summed E-state index contributed by atoms with van der Waals surface area (Å²) in [5, 5.41) is 9.86. The average molecular weight is 234 g/mol. The van der Waals surface area contributed by atoms with Crippen LogP contribution in [-0.4, -0.2) is 14.2 Å². The number of hydrogen-bond acceptors (Lipinski definition) is 2. The van der Waals surface area contributed by atoms with E-state index in [4.69, 9.17) is 12.2 Å². The van der Waals surface area contributed by atoms with Crippen LogP contribution < -0.4 is 0 Å². The SMILES string of the molecule is CCc1ccccc1-n1c(O)cn(C)c1=S. The van der Waals surface area contributed by atoms with Gasteiger partial charge in [0, 0.05) is 7.05 Å². The van der Waals surface area contributed by atoms with Crippen LogP contribution in [0.2, 0.25) is 0 Å². The Bertz CT molecular complexity index is 569. The summed E-state index contributed by atoms with van der Waals surface area (Å²) < 4.78 is 4.02. The molecular formula is C12H14N2OS. The molecule has 1 N–H and O–H groups in total. The molecule has 4 heteroatoms. The lowest BCUT2D eigenvalue weighted by atomic mass is 10.1. The fourth-order valence-corrected chi connectivity index (χ4v) is 2.04. The topological polar surface area (TPSA) is 30.1 Å². The van der Waals surface area contributed by atoms with Crippen LogP contribution in [0.4, 0.5) is 0 Å². The molecule has 0 aliphatic heterocycles. The highest BCUT2D eigenvalue weighted by Crippen LogP contribution is 2.22. The molecule has 2 rings (SSSR count). The Morgan fingerprint density at radius 3 is 2.56 bits per heavy atom.